The molecule has 0 saturated carbocycles. The standard InChI is InChI=1S/C14H27N3O/c1-12-8-16(6-3-5-15-12)9-14-10-17-7-2-4-13(17)11-18-14/h12-15H,2-11H2,1H3. The molecule has 0 radical (unpaired) electrons. The number of nitrogens with one attached hydrogen (secondary N) is 1. The van der Waals surface area contributed by atoms with Crippen molar-refractivity contribution in [2.75, 3.05) is 45.9 Å². The SMILES string of the molecule is CC1CN(CC2CN3CCCC3CO2)CCCN1. The van der Waals surface area contributed by atoms with Gasteiger partial charge in [-0.25, -0.2) is 0 Å². The Balaban J connectivity index is 1.49. The van der Waals surface area contributed by atoms with E-state index in [0.717, 1.165) is 32.3 Å². The number of rotatable bonds is 2. The van der Waals surface area contributed by atoms with Crippen LogP contribution in [0.1, 0.15) is 26.2 Å². The van der Waals surface area contributed by atoms with Gasteiger partial charge in [-0.05, 0) is 45.8 Å². The van der Waals surface area contributed by atoms with Crippen LogP contribution in [-0.2, 0) is 4.74 Å². The maximum atomic E-state index is 6.07. The third kappa shape index (κ3) is 3.05. The Labute approximate surface area is 111 Å². The van der Waals surface area contributed by atoms with Crippen LogP contribution in [0.3, 0.4) is 0 Å². The molecule has 1 N–H and O–H groups in total. The van der Waals surface area contributed by atoms with Crippen LogP contribution in [0.5, 0.6) is 0 Å². The van der Waals surface area contributed by atoms with Crippen molar-refractivity contribution in [1.29, 1.82) is 0 Å². The molecule has 0 amide bonds. The minimum absolute atomic E-state index is 0.435. The van der Waals surface area contributed by atoms with E-state index in [2.05, 4.69) is 22.0 Å². The van der Waals surface area contributed by atoms with E-state index >= 15 is 0 Å². The molecule has 3 saturated heterocycles. The Morgan fingerprint density at radius 1 is 1.22 bits per heavy atom. The Kier molecular flexibility index (Phi) is 4.19. The summed E-state index contributed by atoms with van der Waals surface area (Å²) in [4.78, 5) is 5.24. The second-order valence-electron chi connectivity index (χ2n) is 6.21. The highest BCUT2D eigenvalue weighted by Gasteiger charge is 2.33. The minimum Gasteiger partial charge on any atom is -0.374 e. The average molecular weight is 253 g/mol. The highest BCUT2D eigenvalue weighted by molar-refractivity contribution is 4.87. The summed E-state index contributed by atoms with van der Waals surface area (Å²) in [6.07, 6.45) is 4.41. The average Bonchev–Trinajstić information content (AvgIpc) is 2.72. The predicted octanol–water partition coefficient (Wildman–Crippen LogP) is 0.533. The first-order chi connectivity index (χ1) is 8.81. The van der Waals surface area contributed by atoms with Gasteiger partial charge in [0.25, 0.3) is 0 Å². The molecule has 3 fully saturated rings. The Bertz CT molecular complexity index is 274. The molecule has 3 rings (SSSR count). The molecule has 0 aliphatic carbocycles. The maximum Gasteiger partial charge on any atom is 0.0829 e. The number of hydrogen-bond donors (Lipinski definition) is 1. The number of nitrogens with zero attached hydrogens (tertiary/aromatic N) is 2. The molecule has 104 valence electrons. The summed E-state index contributed by atoms with van der Waals surface area (Å²) in [7, 11) is 0. The fourth-order valence-corrected chi connectivity index (χ4v) is 3.64. The van der Waals surface area contributed by atoms with E-state index < -0.39 is 0 Å². The van der Waals surface area contributed by atoms with Gasteiger partial charge in [-0.1, -0.05) is 0 Å². The van der Waals surface area contributed by atoms with Crippen LogP contribution in [-0.4, -0.2) is 73.9 Å². The van der Waals surface area contributed by atoms with E-state index in [1.54, 1.807) is 0 Å². The van der Waals surface area contributed by atoms with Gasteiger partial charge in [0.15, 0.2) is 0 Å². The summed E-state index contributed by atoms with van der Waals surface area (Å²) in [5.74, 6) is 0. The van der Waals surface area contributed by atoms with E-state index in [4.69, 9.17) is 4.74 Å². The zero-order valence-electron chi connectivity index (χ0n) is 11.6. The minimum atomic E-state index is 0.435. The van der Waals surface area contributed by atoms with Crippen molar-refractivity contribution >= 4 is 0 Å². The van der Waals surface area contributed by atoms with Crippen LogP contribution < -0.4 is 5.32 Å². The number of hydrogen-bond acceptors (Lipinski definition) is 4. The summed E-state index contributed by atoms with van der Waals surface area (Å²) in [5.41, 5.74) is 0. The van der Waals surface area contributed by atoms with Gasteiger partial charge in [-0.3, -0.25) is 9.80 Å². The predicted molar refractivity (Wildman–Crippen MR) is 72.9 cm³/mol. The topological polar surface area (TPSA) is 27.7 Å². The first-order valence-electron chi connectivity index (χ1n) is 7.62. The van der Waals surface area contributed by atoms with Gasteiger partial charge in [-0.2, -0.15) is 0 Å². The monoisotopic (exact) mass is 253 g/mol. The number of ether oxygens (including phenoxy) is 1. The first-order valence-corrected chi connectivity index (χ1v) is 7.62. The first kappa shape index (κ1) is 12.9. The smallest absolute Gasteiger partial charge is 0.0829 e. The summed E-state index contributed by atoms with van der Waals surface area (Å²) >= 11 is 0. The Morgan fingerprint density at radius 3 is 3.11 bits per heavy atom. The molecule has 0 aromatic rings. The largest absolute Gasteiger partial charge is 0.374 e. The van der Waals surface area contributed by atoms with Crippen molar-refractivity contribution in [3.05, 3.63) is 0 Å². The van der Waals surface area contributed by atoms with Gasteiger partial charge < -0.3 is 10.1 Å². The molecule has 0 spiro atoms. The second-order valence-corrected chi connectivity index (χ2v) is 6.21. The highest BCUT2D eigenvalue weighted by atomic mass is 16.5. The highest BCUT2D eigenvalue weighted by Crippen LogP contribution is 2.23. The van der Waals surface area contributed by atoms with Crippen molar-refractivity contribution in [3.63, 3.8) is 0 Å². The fourth-order valence-electron chi connectivity index (χ4n) is 3.64. The van der Waals surface area contributed by atoms with E-state index in [1.807, 2.05) is 0 Å². The lowest BCUT2D eigenvalue weighted by molar-refractivity contribution is -0.0610. The summed E-state index contributed by atoms with van der Waals surface area (Å²) in [5, 5.41) is 3.56. The van der Waals surface area contributed by atoms with Crippen LogP contribution in [0.4, 0.5) is 0 Å². The molecular weight excluding hydrogens is 226 g/mol. The zero-order chi connectivity index (χ0) is 12.4. The molecule has 0 aromatic carbocycles. The molecule has 3 aliphatic heterocycles. The number of morpholine rings is 1. The summed E-state index contributed by atoms with van der Waals surface area (Å²) < 4.78 is 6.07. The third-order valence-electron chi connectivity index (χ3n) is 4.60. The fraction of sp³-hybridized carbons (Fsp3) is 1.00. The van der Waals surface area contributed by atoms with Gasteiger partial charge in [0.2, 0.25) is 0 Å². The molecule has 0 bridgehead atoms. The van der Waals surface area contributed by atoms with E-state index in [-0.39, 0.29) is 0 Å². The quantitative estimate of drug-likeness (QED) is 0.777. The van der Waals surface area contributed by atoms with Crippen LogP contribution in [0.2, 0.25) is 0 Å². The molecule has 3 atom stereocenters. The second kappa shape index (κ2) is 5.87. The van der Waals surface area contributed by atoms with Crippen molar-refractivity contribution in [1.82, 2.24) is 15.1 Å². The normalized spacial score (nSPS) is 39.5. The molecule has 4 nitrogen and oxygen atoms in total. The van der Waals surface area contributed by atoms with Gasteiger partial charge >= 0.3 is 0 Å². The number of fused-ring (bicyclic) bond motifs is 1. The lowest BCUT2D eigenvalue weighted by Crippen LogP contribution is -2.51. The van der Waals surface area contributed by atoms with Crippen molar-refractivity contribution in [3.8, 4) is 0 Å². The lowest BCUT2D eigenvalue weighted by atomic mass is 10.1. The Morgan fingerprint density at radius 2 is 2.17 bits per heavy atom. The zero-order valence-corrected chi connectivity index (χ0v) is 11.6. The van der Waals surface area contributed by atoms with Gasteiger partial charge in [-0.15, -0.1) is 0 Å². The third-order valence-corrected chi connectivity index (χ3v) is 4.60. The summed E-state index contributed by atoms with van der Waals surface area (Å²) in [6.45, 7) is 10.4. The lowest BCUT2D eigenvalue weighted by Gasteiger charge is -2.37. The van der Waals surface area contributed by atoms with E-state index in [0.29, 0.717) is 12.1 Å². The van der Waals surface area contributed by atoms with Crippen molar-refractivity contribution < 1.29 is 4.74 Å². The molecular formula is C14H27N3O. The van der Waals surface area contributed by atoms with Crippen LogP contribution in [0, 0.1) is 0 Å². The molecule has 4 heteroatoms. The van der Waals surface area contributed by atoms with Crippen LogP contribution >= 0.6 is 0 Å². The van der Waals surface area contributed by atoms with E-state index in [9.17, 15) is 0 Å². The van der Waals surface area contributed by atoms with Gasteiger partial charge in [0, 0.05) is 31.7 Å². The van der Waals surface area contributed by atoms with Crippen molar-refractivity contribution in [2.45, 2.75) is 44.4 Å². The molecule has 0 aromatic heterocycles. The van der Waals surface area contributed by atoms with Gasteiger partial charge in [0.05, 0.1) is 12.7 Å². The summed E-state index contributed by atoms with van der Waals surface area (Å²) in [6, 6.07) is 1.35. The van der Waals surface area contributed by atoms with E-state index in [1.165, 1.54) is 38.9 Å². The molecule has 3 unspecified atom stereocenters. The maximum absolute atomic E-state index is 6.07. The van der Waals surface area contributed by atoms with Gasteiger partial charge in [0.1, 0.15) is 0 Å². The van der Waals surface area contributed by atoms with Crippen LogP contribution in [0.25, 0.3) is 0 Å². The van der Waals surface area contributed by atoms with Crippen LogP contribution in [0.15, 0.2) is 0 Å². The Hall–Kier alpha value is -0.160. The molecule has 3 heterocycles. The molecule has 18 heavy (non-hydrogen) atoms. The molecule has 3 aliphatic rings. The van der Waals surface area contributed by atoms with Crippen molar-refractivity contribution in [2.24, 2.45) is 0 Å².